The van der Waals surface area contributed by atoms with Gasteiger partial charge in [-0.3, -0.25) is 4.79 Å². The van der Waals surface area contributed by atoms with E-state index in [0.29, 0.717) is 17.1 Å². The van der Waals surface area contributed by atoms with E-state index in [1.54, 1.807) is 31.5 Å². The maximum Gasteiger partial charge on any atom is 0.252 e. The van der Waals surface area contributed by atoms with Gasteiger partial charge in [0.1, 0.15) is 0 Å². The lowest BCUT2D eigenvalue weighted by molar-refractivity contribution is 0.100. The summed E-state index contributed by atoms with van der Waals surface area (Å²) in [7, 11) is 1.55. The molecule has 0 saturated carbocycles. The number of carbonyl (C=O) groups excluding carboxylic acids is 1. The van der Waals surface area contributed by atoms with E-state index in [9.17, 15) is 4.79 Å². The van der Waals surface area contributed by atoms with E-state index in [1.807, 2.05) is 6.07 Å². The van der Waals surface area contributed by atoms with Crippen molar-refractivity contribution in [3.8, 4) is 17.1 Å². The molecule has 1 radical (unpaired) electrons. The van der Waals surface area contributed by atoms with Crippen molar-refractivity contribution >= 4 is 11.6 Å². The quantitative estimate of drug-likeness (QED) is 0.754. The third kappa shape index (κ3) is 1.85. The van der Waals surface area contributed by atoms with Gasteiger partial charge in [0, 0.05) is 17.8 Å². The summed E-state index contributed by atoms with van der Waals surface area (Å²) in [6.07, 6.45) is 4.13. The summed E-state index contributed by atoms with van der Waals surface area (Å²) in [4.78, 5) is 19.4. The number of methoxy groups -OCH3 is 1. The highest BCUT2D eigenvalue weighted by Crippen LogP contribution is 2.22. The number of hydrogen-bond acceptors (Lipinski definition) is 5. The van der Waals surface area contributed by atoms with Crippen molar-refractivity contribution < 1.29 is 9.53 Å². The van der Waals surface area contributed by atoms with Gasteiger partial charge in [-0.25, -0.2) is 14.5 Å². The number of fused-ring (bicyclic) bond motifs is 1. The number of rotatable bonds is 3. The molecule has 0 atom stereocenters. The first-order valence-electron chi connectivity index (χ1n) is 5.77. The highest BCUT2D eigenvalue weighted by molar-refractivity contribution is 5.99. The predicted octanol–water partition coefficient (Wildman–Crippen LogP) is 0.699. The lowest BCUT2D eigenvalue weighted by Gasteiger charge is -2.06. The molecule has 7 nitrogen and oxygen atoms in total. The molecule has 0 aliphatic heterocycles. The number of amides is 1. The minimum absolute atomic E-state index is 0.295. The Balaban J connectivity index is 2.19. The summed E-state index contributed by atoms with van der Waals surface area (Å²) < 4.78 is 6.52. The maximum atomic E-state index is 11.3. The zero-order chi connectivity index (χ0) is 14.1. The molecule has 0 saturated heterocycles. The van der Waals surface area contributed by atoms with Crippen LogP contribution >= 0.6 is 0 Å². The molecule has 1 amide bonds. The van der Waals surface area contributed by atoms with E-state index < -0.39 is 5.91 Å². The van der Waals surface area contributed by atoms with Gasteiger partial charge in [-0.05, 0) is 18.2 Å². The van der Waals surface area contributed by atoms with Gasteiger partial charge in [-0.2, -0.15) is 0 Å². The first-order valence-corrected chi connectivity index (χ1v) is 5.77. The van der Waals surface area contributed by atoms with Crippen molar-refractivity contribution in [1.82, 2.24) is 19.6 Å². The molecule has 3 aromatic rings. The van der Waals surface area contributed by atoms with Gasteiger partial charge in [-0.15, -0.1) is 5.10 Å². The third-order valence-corrected chi connectivity index (χ3v) is 2.88. The number of ether oxygens (including phenoxy) is 1. The molecule has 0 fully saturated rings. The van der Waals surface area contributed by atoms with E-state index in [-0.39, 0.29) is 0 Å². The molecule has 0 bridgehead atoms. The van der Waals surface area contributed by atoms with E-state index in [1.165, 1.54) is 4.52 Å². The summed E-state index contributed by atoms with van der Waals surface area (Å²) in [5.74, 6) is -0.0419. The van der Waals surface area contributed by atoms with Crippen molar-refractivity contribution in [2.24, 2.45) is 5.73 Å². The Morgan fingerprint density at radius 1 is 1.35 bits per heavy atom. The van der Waals surface area contributed by atoms with Crippen LogP contribution in [0.25, 0.3) is 16.9 Å². The third-order valence-electron chi connectivity index (χ3n) is 2.88. The lowest BCUT2D eigenvalue weighted by Crippen LogP contribution is -2.13. The van der Waals surface area contributed by atoms with Crippen LogP contribution in [0.5, 0.6) is 5.88 Å². The van der Waals surface area contributed by atoms with Crippen LogP contribution in [0.2, 0.25) is 0 Å². The van der Waals surface area contributed by atoms with Crippen molar-refractivity contribution in [3.05, 3.63) is 42.4 Å². The number of nitrogens with zero attached hydrogens (tertiary/aromatic N) is 4. The molecule has 0 spiro atoms. The van der Waals surface area contributed by atoms with Crippen molar-refractivity contribution in [3.63, 3.8) is 0 Å². The van der Waals surface area contributed by atoms with Gasteiger partial charge in [0.2, 0.25) is 12.2 Å². The topological polar surface area (TPSA) is 95.4 Å². The Hall–Kier alpha value is -2.96. The molecule has 3 heterocycles. The first-order chi connectivity index (χ1) is 9.70. The average Bonchev–Trinajstić information content (AvgIpc) is 2.95. The van der Waals surface area contributed by atoms with Crippen molar-refractivity contribution in [1.29, 1.82) is 0 Å². The van der Waals surface area contributed by atoms with Crippen LogP contribution in [0.15, 0.2) is 30.5 Å². The molecule has 99 valence electrons. The molecule has 3 rings (SSSR count). The lowest BCUT2D eigenvalue weighted by atomic mass is 10.1. The summed E-state index contributed by atoms with van der Waals surface area (Å²) in [6.45, 7) is 0. The maximum absolute atomic E-state index is 11.3. The van der Waals surface area contributed by atoms with Crippen LogP contribution in [-0.2, 0) is 0 Å². The number of carbonyl (C=O) groups is 1. The molecule has 20 heavy (non-hydrogen) atoms. The molecule has 0 aromatic carbocycles. The molecule has 0 aliphatic rings. The van der Waals surface area contributed by atoms with Gasteiger partial charge in [-0.1, -0.05) is 0 Å². The fourth-order valence-electron chi connectivity index (χ4n) is 1.92. The smallest absolute Gasteiger partial charge is 0.252 e. The van der Waals surface area contributed by atoms with Crippen LogP contribution in [0, 0.1) is 6.33 Å². The second-order valence-corrected chi connectivity index (χ2v) is 4.03. The van der Waals surface area contributed by atoms with Crippen LogP contribution in [0.1, 0.15) is 10.4 Å². The molecule has 3 aromatic heterocycles. The van der Waals surface area contributed by atoms with E-state index >= 15 is 0 Å². The number of primary amides is 1. The van der Waals surface area contributed by atoms with Crippen LogP contribution in [0.3, 0.4) is 0 Å². The molecule has 0 unspecified atom stereocenters. The van der Waals surface area contributed by atoms with Crippen LogP contribution in [0.4, 0.5) is 0 Å². The fourth-order valence-corrected chi connectivity index (χ4v) is 1.92. The summed E-state index contributed by atoms with van der Waals surface area (Å²) in [5.41, 5.74) is 7.51. The number of hydrogen-bond donors (Lipinski definition) is 1. The Kier molecular flexibility index (Phi) is 2.79. The second-order valence-electron chi connectivity index (χ2n) is 4.03. The van der Waals surface area contributed by atoms with Gasteiger partial charge < -0.3 is 10.5 Å². The van der Waals surface area contributed by atoms with E-state index in [0.717, 1.165) is 11.3 Å². The SMILES string of the molecule is COc1ccc(-c2ccc(C(N)=O)c3n[c]nn23)cn1. The van der Waals surface area contributed by atoms with Gasteiger partial charge >= 0.3 is 0 Å². The monoisotopic (exact) mass is 268 g/mol. The van der Waals surface area contributed by atoms with Crippen molar-refractivity contribution in [2.45, 2.75) is 0 Å². The standard InChI is InChI=1S/C13H10N5O2/c1-20-11-5-2-8(6-15-11)10-4-3-9(12(14)19)13-16-7-17-18(10)13/h2-6H,1H3,(H2,14,19). The van der Waals surface area contributed by atoms with Gasteiger partial charge in [0.15, 0.2) is 5.65 Å². The normalized spacial score (nSPS) is 10.7. The van der Waals surface area contributed by atoms with Crippen molar-refractivity contribution in [2.75, 3.05) is 7.11 Å². The molecular formula is C13H10N5O2. The van der Waals surface area contributed by atoms with Gasteiger partial charge in [0.25, 0.3) is 5.91 Å². The summed E-state index contributed by atoms with van der Waals surface area (Å²) in [6, 6.07) is 6.93. The zero-order valence-electron chi connectivity index (χ0n) is 10.6. The molecule has 7 heteroatoms. The highest BCUT2D eigenvalue weighted by Gasteiger charge is 2.13. The second kappa shape index (κ2) is 4.61. The van der Waals surface area contributed by atoms with Gasteiger partial charge in [0.05, 0.1) is 18.4 Å². The Morgan fingerprint density at radius 2 is 2.20 bits per heavy atom. The summed E-state index contributed by atoms with van der Waals surface area (Å²) in [5, 5.41) is 3.99. The minimum Gasteiger partial charge on any atom is -0.481 e. The molecule has 2 N–H and O–H groups in total. The van der Waals surface area contributed by atoms with E-state index in [2.05, 4.69) is 21.4 Å². The Bertz CT molecular complexity index is 779. The number of nitrogens with two attached hydrogens (primary N) is 1. The first kappa shape index (κ1) is 12.1. The minimum atomic E-state index is -0.559. The average molecular weight is 268 g/mol. The predicted molar refractivity (Wildman–Crippen MR) is 70.1 cm³/mol. The summed E-state index contributed by atoms with van der Waals surface area (Å²) >= 11 is 0. The largest absolute Gasteiger partial charge is 0.481 e. The van der Waals surface area contributed by atoms with Crippen LogP contribution < -0.4 is 10.5 Å². The molecular weight excluding hydrogens is 258 g/mol. The highest BCUT2D eigenvalue weighted by atomic mass is 16.5. The van der Waals surface area contributed by atoms with Crippen LogP contribution in [-0.4, -0.2) is 32.6 Å². The Morgan fingerprint density at radius 3 is 2.85 bits per heavy atom. The van der Waals surface area contributed by atoms with E-state index in [4.69, 9.17) is 10.5 Å². The fraction of sp³-hybridized carbons (Fsp3) is 0.0769. The number of pyridine rings is 2. The zero-order valence-corrected chi connectivity index (χ0v) is 10.6. The molecule has 0 aliphatic carbocycles. The number of aromatic nitrogens is 4. The Labute approximate surface area is 114 Å².